The average molecular weight is 399 g/mol. The number of carbonyl (C=O) groups is 1. The molecule has 28 heavy (non-hydrogen) atoms. The number of thiocarbonyl (C=S) groups is 1. The summed E-state index contributed by atoms with van der Waals surface area (Å²) in [6.07, 6.45) is 4.14. The topological polar surface area (TPSA) is 70.6 Å². The van der Waals surface area contributed by atoms with Crippen LogP contribution in [0.2, 0.25) is 0 Å². The molecule has 5 nitrogen and oxygen atoms in total. The Bertz CT molecular complexity index is 789. The van der Waals surface area contributed by atoms with E-state index in [1.807, 2.05) is 35.8 Å². The molecule has 1 atom stereocenters. The summed E-state index contributed by atoms with van der Waals surface area (Å²) in [5.74, 6) is 0.947. The van der Waals surface area contributed by atoms with E-state index in [2.05, 4.69) is 19.2 Å². The summed E-state index contributed by atoms with van der Waals surface area (Å²) in [4.78, 5) is 12.5. The minimum absolute atomic E-state index is 0.104. The van der Waals surface area contributed by atoms with Crippen LogP contribution < -0.4 is 15.5 Å². The van der Waals surface area contributed by atoms with Gasteiger partial charge in [0.1, 0.15) is 17.3 Å². The number of hydrogen-bond acceptors (Lipinski definition) is 4. The fourth-order valence-corrected chi connectivity index (χ4v) is 2.82. The standard InChI is InChI=1S/C22H26N2O3S/c1-16(2)14-19(23-21(25)13-8-17-6-4-3-5-7-17)15-27-20-11-9-18(10-12-20)22(28)24-26/h3-13,16,19,26H,14-15H2,1-2H3,(H,23,25)(H,24,28)/t19-/m0/s1. The van der Waals surface area contributed by atoms with Gasteiger partial charge in [0.25, 0.3) is 0 Å². The van der Waals surface area contributed by atoms with Gasteiger partial charge < -0.3 is 10.1 Å². The molecule has 2 aromatic carbocycles. The lowest BCUT2D eigenvalue weighted by molar-refractivity contribution is -0.117. The summed E-state index contributed by atoms with van der Waals surface area (Å²) >= 11 is 4.97. The molecule has 0 radical (unpaired) electrons. The Morgan fingerprint density at radius 2 is 1.82 bits per heavy atom. The smallest absolute Gasteiger partial charge is 0.244 e. The molecule has 3 N–H and O–H groups in total. The van der Waals surface area contributed by atoms with Gasteiger partial charge in [0.05, 0.1) is 6.04 Å². The third kappa shape index (κ3) is 7.50. The van der Waals surface area contributed by atoms with Gasteiger partial charge in [-0.25, -0.2) is 0 Å². The molecular formula is C22H26N2O3S. The third-order valence-electron chi connectivity index (χ3n) is 4.00. The van der Waals surface area contributed by atoms with E-state index in [0.29, 0.717) is 23.8 Å². The molecule has 2 aromatic rings. The highest BCUT2D eigenvalue weighted by atomic mass is 32.1. The van der Waals surface area contributed by atoms with Crippen molar-refractivity contribution in [3.05, 3.63) is 71.8 Å². The van der Waals surface area contributed by atoms with E-state index in [9.17, 15) is 4.79 Å². The lowest BCUT2D eigenvalue weighted by atomic mass is 10.0. The van der Waals surface area contributed by atoms with Gasteiger partial charge in [-0.15, -0.1) is 0 Å². The molecule has 0 fully saturated rings. The van der Waals surface area contributed by atoms with Crippen LogP contribution in [0.15, 0.2) is 60.7 Å². The Hall–Kier alpha value is -2.70. The first-order chi connectivity index (χ1) is 13.5. The number of rotatable bonds is 9. The number of carbonyl (C=O) groups excluding carboxylic acids is 1. The maximum Gasteiger partial charge on any atom is 0.244 e. The number of hydrogen-bond donors (Lipinski definition) is 3. The van der Waals surface area contributed by atoms with Gasteiger partial charge in [-0.05, 0) is 48.2 Å². The Balaban J connectivity index is 1.92. The van der Waals surface area contributed by atoms with Crippen LogP contribution in [0.3, 0.4) is 0 Å². The normalized spacial score (nSPS) is 12.0. The van der Waals surface area contributed by atoms with Crippen molar-refractivity contribution in [3.63, 3.8) is 0 Å². The molecule has 0 unspecified atom stereocenters. The molecule has 0 heterocycles. The van der Waals surface area contributed by atoms with Gasteiger partial charge in [-0.2, -0.15) is 0 Å². The van der Waals surface area contributed by atoms with Crippen LogP contribution in [-0.4, -0.2) is 28.8 Å². The van der Waals surface area contributed by atoms with Crippen LogP contribution in [-0.2, 0) is 4.79 Å². The molecule has 0 aliphatic rings. The summed E-state index contributed by atoms with van der Waals surface area (Å²) in [5, 5.41) is 11.9. The van der Waals surface area contributed by atoms with Gasteiger partial charge in [-0.1, -0.05) is 56.4 Å². The average Bonchev–Trinajstić information content (AvgIpc) is 2.70. The van der Waals surface area contributed by atoms with Gasteiger partial charge in [0, 0.05) is 11.6 Å². The zero-order valence-electron chi connectivity index (χ0n) is 16.1. The lowest BCUT2D eigenvalue weighted by Crippen LogP contribution is -2.39. The molecule has 1 amide bonds. The van der Waals surface area contributed by atoms with Crippen molar-refractivity contribution in [2.45, 2.75) is 26.3 Å². The number of nitrogens with one attached hydrogen (secondary N) is 2. The molecule has 0 saturated carbocycles. The molecule has 0 aliphatic heterocycles. The molecule has 6 heteroatoms. The highest BCUT2D eigenvalue weighted by Gasteiger charge is 2.14. The third-order valence-corrected chi connectivity index (χ3v) is 4.33. The Kier molecular flexibility index (Phi) is 8.65. The predicted octanol–water partition coefficient (Wildman–Crippen LogP) is 3.96. The van der Waals surface area contributed by atoms with Crippen LogP contribution in [0.5, 0.6) is 5.75 Å². The van der Waals surface area contributed by atoms with Crippen molar-refractivity contribution < 1.29 is 14.7 Å². The molecular weight excluding hydrogens is 372 g/mol. The van der Waals surface area contributed by atoms with Crippen molar-refractivity contribution in [2.75, 3.05) is 6.61 Å². The first kappa shape index (κ1) is 21.6. The van der Waals surface area contributed by atoms with Crippen molar-refractivity contribution in [2.24, 2.45) is 5.92 Å². The van der Waals surface area contributed by atoms with Gasteiger partial charge >= 0.3 is 0 Å². The maximum absolute atomic E-state index is 12.3. The number of ether oxygens (including phenoxy) is 1. The number of benzene rings is 2. The molecule has 0 spiro atoms. The van der Waals surface area contributed by atoms with Crippen LogP contribution in [0.25, 0.3) is 6.08 Å². The van der Waals surface area contributed by atoms with Crippen molar-refractivity contribution in [1.82, 2.24) is 10.8 Å². The van der Waals surface area contributed by atoms with Gasteiger partial charge in [-0.3, -0.25) is 15.5 Å². The Morgan fingerprint density at radius 3 is 2.43 bits per heavy atom. The lowest BCUT2D eigenvalue weighted by Gasteiger charge is -2.20. The van der Waals surface area contributed by atoms with Crippen molar-refractivity contribution in [1.29, 1.82) is 0 Å². The highest BCUT2D eigenvalue weighted by molar-refractivity contribution is 7.80. The Labute approximate surface area is 171 Å². The predicted molar refractivity (Wildman–Crippen MR) is 115 cm³/mol. The fourth-order valence-electron chi connectivity index (χ4n) is 2.69. The zero-order valence-corrected chi connectivity index (χ0v) is 16.9. The SMILES string of the molecule is CC(C)C[C@@H](COc1ccc(C(=S)NO)cc1)NC(=O)C=Cc1ccccc1. The molecule has 0 aliphatic carbocycles. The van der Waals surface area contributed by atoms with Crippen LogP contribution in [0, 0.1) is 5.92 Å². The monoisotopic (exact) mass is 398 g/mol. The fraction of sp³-hybridized carbons (Fsp3) is 0.273. The maximum atomic E-state index is 12.3. The van der Waals surface area contributed by atoms with E-state index >= 15 is 0 Å². The van der Waals surface area contributed by atoms with E-state index in [-0.39, 0.29) is 16.9 Å². The highest BCUT2D eigenvalue weighted by Crippen LogP contribution is 2.14. The molecule has 0 aromatic heterocycles. The van der Waals surface area contributed by atoms with Gasteiger partial charge in [0.15, 0.2) is 0 Å². The van der Waals surface area contributed by atoms with Gasteiger partial charge in [0.2, 0.25) is 5.91 Å². The summed E-state index contributed by atoms with van der Waals surface area (Å²) < 4.78 is 5.84. The minimum atomic E-state index is -0.146. The molecule has 0 bridgehead atoms. The second-order valence-electron chi connectivity index (χ2n) is 6.86. The summed E-state index contributed by atoms with van der Waals surface area (Å²) in [7, 11) is 0. The van der Waals surface area contributed by atoms with E-state index < -0.39 is 0 Å². The van der Waals surface area contributed by atoms with Crippen molar-refractivity contribution in [3.8, 4) is 5.75 Å². The minimum Gasteiger partial charge on any atom is -0.491 e. The van der Waals surface area contributed by atoms with Crippen LogP contribution in [0.4, 0.5) is 0 Å². The van der Waals surface area contributed by atoms with E-state index in [0.717, 1.165) is 12.0 Å². The number of hydroxylamine groups is 1. The molecule has 2 rings (SSSR count). The number of amides is 1. The second kappa shape index (κ2) is 11.2. The first-order valence-corrected chi connectivity index (χ1v) is 9.59. The van der Waals surface area contributed by atoms with E-state index in [4.69, 9.17) is 22.2 Å². The van der Waals surface area contributed by atoms with E-state index in [1.54, 1.807) is 36.4 Å². The van der Waals surface area contributed by atoms with E-state index in [1.165, 1.54) is 0 Å². The van der Waals surface area contributed by atoms with Crippen molar-refractivity contribution >= 4 is 29.2 Å². The summed E-state index contributed by atoms with van der Waals surface area (Å²) in [5.41, 5.74) is 3.63. The summed E-state index contributed by atoms with van der Waals surface area (Å²) in [6.45, 7) is 4.58. The van der Waals surface area contributed by atoms with Crippen LogP contribution in [0.1, 0.15) is 31.4 Å². The molecule has 0 saturated heterocycles. The first-order valence-electron chi connectivity index (χ1n) is 9.19. The quantitative estimate of drug-likeness (QED) is 0.339. The van der Waals surface area contributed by atoms with Crippen LogP contribution >= 0.6 is 12.2 Å². The molecule has 148 valence electrons. The summed E-state index contributed by atoms with van der Waals surface area (Å²) in [6, 6.07) is 16.7. The largest absolute Gasteiger partial charge is 0.491 e. The zero-order chi connectivity index (χ0) is 20.4. The Morgan fingerprint density at radius 1 is 1.14 bits per heavy atom. The second-order valence-corrected chi connectivity index (χ2v) is 7.26.